The van der Waals surface area contributed by atoms with Gasteiger partial charge in [-0.15, -0.1) is 0 Å². The summed E-state index contributed by atoms with van der Waals surface area (Å²) in [7, 11) is 0. The second kappa shape index (κ2) is 3.97. The number of nitrogens with one attached hydrogen (secondary N) is 1. The molecular weight excluding hydrogens is 219 g/mol. The summed E-state index contributed by atoms with van der Waals surface area (Å²) >= 11 is -2.28. The first kappa shape index (κ1) is 11.0. The first-order chi connectivity index (χ1) is 6.39. The third kappa shape index (κ3) is 3.00. The van der Waals surface area contributed by atoms with Crippen molar-refractivity contribution >= 4 is 17.0 Å². The summed E-state index contributed by atoms with van der Waals surface area (Å²) in [6.07, 6.45) is -4.39. The van der Waals surface area contributed by atoms with E-state index in [0.717, 1.165) is 24.3 Å². The molecule has 7 heteroatoms. The highest BCUT2D eigenvalue weighted by atomic mass is 32.2. The average molecular weight is 225 g/mol. The molecule has 0 aromatic heterocycles. The van der Waals surface area contributed by atoms with E-state index >= 15 is 0 Å². The zero-order valence-corrected chi connectivity index (χ0v) is 7.52. The summed E-state index contributed by atoms with van der Waals surface area (Å²) in [5, 5.41) is 0. The molecule has 14 heavy (non-hydrogen) atoms. The number of hydrogen-bond donors (Lipinski definition) is 2. The highest BCUT2D eigenvalue weighted by molar-refractivity contribution is 7.80. The van der Waals surface area contributed by atoms with Crippen LogP contribution in [0.2, 0.25) is 0 Å². The number of anilines is 1. The van der Waals surface area contributed by atoms with Gasteiger partial charge in [0.15, 0.2) is 0 Å². The molecule has 0 radical (unpaired) electrons. The van der Waals surface area contributed by atoms with Crippen LogP contribution in [0.5, 0.6) is 0 Å². The lowest BCUT2D eigenvalue weighted by molar-refractivity contribution is -0.137. The highest BCUT2D eigenvalue weighted by Gasteiger charge is 2.29. The van der Waals surface area contributed by atoms with Crippen LogP contribution in [0.1, 0.15) is 5.56 Å². The second-order valence-electron chi connectivity index (χ2n) is 2.43. The summed E-state index contributed by atoms with van der Waals surface area (Å²) in [5.41, 5.74) is -0.648. The van der Waals surface area contributed by atoms with Crippen molar-refractivity contribution in [3.05, 3.63) is 29.8 Å². The number of hydrogen-bond acceptors (Lipinski definition) is 1. The van der Waals surface area contributed by atoms with Crippen molar-refractivity contribution in [2.75, 3.05) is 4.72 Å². The molecular formula is C7H6F3NO2S. The van der Waals surface area contributed by atoms with Crippen molar-refractivity contribution in [2.24, 2.45) is 0 Å². The third-order valence-electron chi connectivity index (χ3n) is 1.42. The summed E-state index contributed by atoms with van der Waals surface area (Å²) in [5.74, 6) is 0. The molecule has 0 bridgehead atoms. The molecule has 0 aliphatic rings. The van der Waals surface area contributed by atoms with Gasteiger partial charge in [-0.2, -0.15) is 13.2 Å². The second-order valence-corrected chi connectivity index (χ2v) is 3.13. The molecule has 1 rings (SSSR count). The van der Waals surface area contributed by atoms with E-state index in [1.54, 1.807) is 0 Å². The van der Waals surface area contributed by atoms with Crippen LogP contribution in [0.25, 0.3) is 0 Å². The van der Waals surface area contributed by atoms with E-state index in [1.807, 2.05) is 4.72 Å². The standard InChI is InChI=1S/C7H6F3NO2S/c8-7(9,10)5-1-3-6(4-2-5)11-14(12)13/h1-4,11H,(H,12,13). The minimum Gasteiger partial charge on any atom is -0.289 e. The van der Waals surface area contributed by atoms with Gasteiger partial charge >= 0.3 is 6.18 Å². The van der Waals surface area contributed by atoms with E-state index in [4.69, 9.17) is 4.55 Å². The smallest absolute Gasteiger partial charge is 0.289 e. The van der Waals surface area contributed by atoms with Crippen LogP contribution in [0, 0.1) is 0 Å². The van der Waals surface area contributed by atoms with Gasteiger partial charge in [0.1, 0.15) is 0 Å². The van der Waals surface area contributed by atoms with Crippen LogP contribution in [-0.2, 0) is 17.4 Å². The molecule has 0 aliphatic heterocycles. The van der Waals surface area contributed by atoms with Gasteiger partial charge in [-0.3, -0.25) is 9.27 Å². The molecule has 2 N–H and O–H groups in total. The predicted molar refractivity (Wildman–Crippen MR) is 45.8 cm³/mol. The van der Waals surface area contributed by atoms with Crippen LogP contribution in [0.3, 0.4) is 0 Å². The highest BCUT2D eigenvalue weighted by Crippen LogP contribution is 2.29. The van der Waals surface area contributed by atoms with Gasteiger partial charge in [-0.25, -0.2) is 4.21 Å². The topological polar surface area (TPSA) is 49.3 Å². The first-order valence-corrected chi connectivity index (χ1v) is 4.55. The molecule has 0 aliphatic carbocycles. The average Bonchev–Trinajstić information content (AvgIpc) is 2.02. The number of rotatable bonds is 2. The summed E-state index contributed by atoms with van der Waals surface area (Å²) in [6.45, 7) is 0. The summed E-state index contributed by atoms with van der Waals surface area (Å²) < 4.78 is 56.8. The molecule has 1 atom stereocenters. The maximum absolute atomic E-state index is 12.1. The molecule has 78 valence electrons. The van der Waals surface area contributed by atoms with Crippen LogP contribution in [0.4, 0.5) is 18.9 Å². The van der Waals surface area contributed by atoms with Crippen LogP contribution < -0.4 is 4.72 Å². The van der Waals surface area contributed by atoms with Crippen molar-refractivity contribution in [3.8, 4) is 0 Å². The van der Waals surface area contributed by atoms with Crippen LogP contribution >= 0.6 is 0 Å². The maximum atomic E-state index is 12.1. The molecule has 1 aromatic rings. The van der Waals surface area contributed by atoms with Gasteiger partial charge in [0.25, 0.3) is 11.3 Å². The largest absolute Gasteiger partial charge is 0.416 e. The molecule has 3 nitrogen and oxygen atoms in total. The normalized spacial score (nSPS) is 13.7. The molecule has 1 aromatic carbocycles. The number of alkyl halides is 3. The lowest BCUT2D eigenvalue weighted by Crippen LogP contribution is -2.06. The summed E-state index contributed by atoms with van der Waals surface area (Å²) in [4.78, 5) is 0. The molecule has 0 heterocycles. The predicted octanol–water partition coefficient (Wildman–Crippen LogP) is 2.25. The zero-order valence-electron chi connectivity index (χ0n) is 6.71. The monoisotopic (exact) mass is 225 g/mol. The van der Waals surface area contributed by atoms with Crippen molar-refractivity contribution in [3.63, 3.8) is 0 Å². The lowest BCUT2D eigenvalue weighted by atomic mass is 10.2. The van der Waals surface area contributed by atoms with Crippen LogP contribution in [-0.4, -0.2) is 8.76 Å². The van der Waals surface area contributed by atoms with E-state index in [-0.39, 0.29) is 5.69 Å². The number of halogens is 3. The van der Waals surface area contributed by atoms with E-state index in [9.17, 15) is 17.4 Å². The fourth-order valence-electron chi connectivity index (χ4n) is 0.828. The van der Waals surface area contributed by atoms with Crippen molar-refractivity contribution in [1.82, 2.24) is 0 Å². The molecule has 0 saturated carbocycles. The molecule has 0 spiro atoms. The van der Waals surface area contributed by atoms with Gasteiger partial charge in [-0.05, 0) is 24.3 Å². The van der Waals surface area contributed by atoms with E-state index in [1.165, 1.54) is 0 Å². The molecule has 0 amide bonds. The molecule has 1 unspecified atom stereocenters. The number of benzene rings is 1. The van der Waals surface area contributed by atoms with Gasteiger partial charge < -0.3 is 0 Å². The Morgan fingerprint density at radius 3 is 2.07 bits per heavy atom. The Bertz CT molecular complexity index is 336. The third-order valence-corrected chi connectivity index (χ3v) is 1.83. The lowest BCUT2D eigenvalue weighted by Gasteiger charge is -2.07. The Labute approximate surface area is 80.4 Å². The Kier molecular flexibility index (Phi) is 3.12. The minimum atomic E-state index is -4.39. The molecule has 0 saturated heterocycles. The maximum Gasteiger partial charge on any atom is 0.416 e. The first-order valence-electron chi connectivity index (χ1n) is 3.44. The Morgan fingerprint density at radius 1 is 1.21 bits per heavy atom. The zero-order chi connectivity index (χ0) is 10.8. The fourth-order valence-corrected chi connectivity index (χ4v) is 1.17. The van der Waals surface area contributed by atoms with Crippen molar-refractivity contribution < 1.29 is 21.9 Å². The summed E-state index contributed by atoms with van der Waals surface area (Å²) in [6, 6.07) is 3.82. The van der Waals surface area contributed by atoms with Gasteiger partial charge in [-0.1, -0.05) is 0 Å². The van der Waals surface area contributed by atoms with Crippen molar-refractivity contribution in [1.29, 1.82) is 0 Å². The van der Waals surface area contributed by atoms with Crippen LogP contribution in [0.15, 0.2) is 24.3 Å². The quantitative estimate of drug-likeness (QED) is 0.758. The minimum absolute atomic E-state index is 0.152. The SMILES string of the molecule is O=S(O)Nc1ccc(C(F)(F)F)cc1. The van der Waals surface area contributed by atoms with E-state index in [2.05, 4.69) is 0 Å². The van der Waals surface area contributed by atoms with Gasteiger partial charge in [0.2, 0.25) is 0 Å². The Hall–Kier alpha value is -1.08. The van der Waals surface area contributed by atoms with Gasteiger partial charge in [0, 0.05) is 5.69 Å². The van der Waals surface area contributed by atoms with Crippen molar-refractivity contribution in [2.45, 2.75) is 6.18 Å². The van der Waals surface area contributed by atoms with E-state index < -0.39 is 23.0 Å². The fraction of sp³-hybridized carbons (Fsp3) is 0.143. The Morgan fingerprint density at radius 2 is 1.71 bits per heavy atom. The molecule has 0 fully saturated rings. The van der Waals surface area contributed by atoms with E-state index in [0.29, 0.717) is 0 Å². The van der Waals surface area contributed by atoms with Gasteiger partial charge in [0.05, 0.1) is 5.56 Å². The Balaban J connectivity index is 2.84.